The van der Waals surface area contributed by atoms with Crippen molar-refractivity contribution in [2.75, 3.05) is 10.2 Å². The highest BCUT2D eigenvalue weighted by Crippen LogP contribution is 2.61. The number of aryl methyl sites for hydroxylation is 1. The average molecular weight is 513 g/mol. The van der Waals surface area contributed by atoms with Crippen LogP contribution in [0.15, 0.2) is 24.3 Å². The number of carbonyl (C=O) groups excluding carboxylic acids is 2. The van der Waals surface area contributed by atoms with E-state index < -0.39 is 29.5 Å². The topological polar surface area (TPSA) is 58.6 Å². The molecule has 37 heavy (non-hydrogen) atoms. The fraction of sp³-hybridized carbons (Fsp3) is 0.517. The smallest absolute Gasteiger partial charge is 0.268 e. The number of fused-ring (bicyclic) bond motifs is 1. The Kier molecular flexibility index (Phi) is 5.77. The summed E-state index contributed by atoms with van der Waals surface area (Å²) in [4.78, 5) is 27.4. The first-order chi connectivity index (χ1) is 17.6. The van der Waals surface area contributed by atoms with Crippen LogP contribution in [0.2, 0.25) is 0 Å². The summed E-state index contributed by atoms with van der Waals surface area (Å²) in [5, 5.41) is 2.81. The zero-order valence-corrected chi connectivity index (χ0v) is 21.1. The maximum atomic E-state index is 15.8. The molecule has 196 valence electrons. The van der Waals surface area contributed by atoms with E-state index in [-0.39, 0.29) is 40.6 Å². The van der Waals surface area contributed by atoms with Crippen LogP contribution in [0, 0.1) is 47.5 Å². The van der Waals surface area contributed by atoms with Gasteiger partial charge in [0, 0.05) is 12.5 Å². The van der Waals surface area contributed by atoms with Crippen molar-refractivity contribution in [3.63, 3.8) is 0 Å². The number of benzene rings is 2. The van der Waals surface area contributed by atoms with Gasteiger partial charge in [0.1, 0.15) is 11.6 Å². The van der Waals surface area contributed by atoms with Gasteiger partial charge in [0.05, 0.1) is 17.9 Å². The Morgan fingerprint density at radius 2 is 1.62 bits per heavy atom. The molecule has 1 aliphatic heterocycles. The summed E-state index contributed by atoms with van der Waals surface area (Å²) in [5.74, 6) is -0.927. The van der Waals surface area contributed by atoms with Gasteiger partial charge in [0.15, 0.2) is 17.7 Å². The number of nitrogens with one attached hydrogen (secondary N) is 1. The quantitative estimate of drug-likeness (QED) is 0.514. The minimum absolute atomic E-state index is 0.0197. The molecule has 4 fully saturated rings. The Hall–Kier alpha value is -3.03. The summed E-state index contributed by atoms with van der Waals surface area (Å²) in [6, 6.07) is 4.61. The molecule has 1 heterocycles. The van der Waals surface area contributed by atoms with Crippen LogP contribution in [0.4, 0.5) is 24.5 Å². The Labute approximate surface area is 214 Å². The van der Waals surface area contributed by atoms with Crippen molar-refractivity contribution in [3.05, 3.63) is 52.8 Å². The van der Waals surface area contributed by atoms with Gasteiger partial charge in [-0.05, 0) is 105 Å². The number of rotatable bonds is 5. The van der Waals surface area contributed by atoms with E-state index in [0.717, 1.165) is 37.5 Å². The van der Waals surface area contributed by atoms with E-state index in [1.807, 2.05) is 0 Å². The van der Waals surface area contributed by atoms with Gasteiger partial charge in [-0.15, -0.1) is 0 Å². The van der Waals surface area contributed by atoms with E-state index in [1.54, 1.807) is 13.0 Å². The van der Waals surface area contributed by atoms with E-state index in [2.05, 4.69) is 5.32 Å². The summed E-state index contributed by atoms with van der Waals surface area (Å²) in [5.41, 5.74) is 0.910. The average Bonchev–Trinajstić information content (AvgIpc) is 2.79. The number of nitrogens with zero attached hydrogens (tertiary/aromatic N) is 1. The third-order valence-electron chi connectivity index (χ3n) is 8.83. The number of anilines is 2. The van der Waals surface area contributed by atoms with E-state index in [0.29, 0.717) is 29.7 Å². The molecular formula is C29H31F3N2O3. The number of amides is 2. The molecule has 0 aromatic heterocycles. The van der Waals surface area contributed by atoms with Crippen LogP contribution in [-0.4, -0.2) is 17.9 Å². The van der Waals surface area contributed by atoms with Gasteiger partial charge < -0.3 is 15.0 Å². The standard InChI is InChI=1S/C29H31F3N2O3/c1-15-3-23-27(37-16(2)28(36)34(23)14-20-7-21(30)9-22(31)8-20)25(32)26(15)33-24(35)13-29-10-17-4-18(11-29)6-19(5-17)12-29/h3,7-9,16-19H,4-6,10-14H2,1-2H3,(H,33,35). The third kappa shape index (κ3) is 4.38. The molecular weight excluding hydrogens is 481 g/mol. The minimum atomic E-state index is -1.00. The number of hydrogen-bond acceptors (Lipinski definition) is 3. The van der Waals surface area contributed by atoms with Gasteiger partial charge in [-0.25, -0.2) is 13.2 Å². The molecule has 4 saturated carbocycles. The molecule has 1 atom stereocenters. The lowest BCUT2D eigenvalue weighted by atomic mass is 9.49. The van der Waals surface area contributed by atoms with Crippen molar-refractivity contribution >= 4 is 23.2 Å². The molecule has 1 unspecified atom stereocenters. The van der Waals surface area contributed by atoms with E-state index in [9.17, 15) is 18.4 Å². The fourth-order valence-corrected chi connectivity index (χ4v) is 7.85. The van der Waals surface area contributed by atoms with E-state index in [1.165, 1.54) is 31.1 Å². The Morgan fingerprint density at radius 1 is 1.03 bits per heavy atom. The van der Waals surface area contributed by atoms with Gasteiger partial charge in [0.25, 0.3) is 5.91 Å². The van der Waals surface area contributed by atoms with Crippen molar-refractivity contribution in [1.82, 2.24) is 0 Å². The molecule has 5 aliphatic rings. The molecule has 2 aromatic carbocycles. The molecule has 2 amide bonds. The summed E-state index contributed by atoms with van der Waals surface area (Å²) < 4.78 is 49.0. The van der Waals surface area contributed by atoms with Gasteiger partial charge in [-0.3, -0.25) is 9.59 Å². The number of carbonyl (C=O) groups is 2. The maximum Gasteiger partial charge on any atom is 0.268 e. The first-order valence-electron chi connectivity index (χ1n) is 13.1. The normalized spacial score (nSPS) is 29.8. The minimum Gasteiger partial charge on any atom is -0.476 e. The fourth-order valence-electron chi connectivity index (χ4n) is 7.85. The molecule has 2 aromatic rings. The second kappa shape index (κ2) is 8.77. The zero-order valence-electron chi connectivity index (χ0n) is 21.1. The predicted molar refractivity (Wildman–Crippen MR) is 133 cm³/mol. The lowest BCUT2D eigenvalue weighted by molar-refractivity contribution is -0.126. The first kappa shape index (κ1) is 24.3. The van der Waals surface area contributed by atoms with Gasteiger partial charge in [-0.1, -0.05) is 0 Å². The van der Waals surface area contributed by atoms with Crippen LogP contribution in [0.5, 0.6) is 5.75 Å². The van der Waals surface area contributed by atoms with Gasteiger partial charge in [0.2, 0.25) is 5.91 Å². The van der Waals surface area contributed by atoms with Gasteiger partial charge in [-0.2, -0.15) is 0 Å². The zero-order chi connectivity index (χ0) is 26.1. The summed E-state index contributed by atoms with van der Waals surface area (Å²) >= 11 is 0. The Morgan fingerprint density at radius 3 is 2.22 bits per heavy atom. The predicted octanol–water partition coefficient (Wildman–Crippen LogP) is 6.27. The number of halogens is 3. The molecule has 0 saturated heterocycles. The van der Waals surface area contributed by atoms with E-state index in [4.69, 9.17) is 4.74 Å². The van der Waals surface area contributed by atoms with Crippen molar-refractivity contribution in [1.29, 1.82) is 0 Å². The first-order valence-corrected chi connectivity index (χ1v) is 13.1. The SMILES string of the molecule is Cc1cc2c(c(F)c1NC(=O)CC13CC4CC(CC(C4)C1)C3)OC(C)C(=O)N2Cc1cc(F)cc(F)c1. The Balaban J connectivity index is 1.26. The van der Waals surface area contributed by atoms with Crippen LogP contribution in [0.25, 0.3) is 0 Å². The highest BCUT2D eigenvalue weighted by molar-refractivity contribution is 6.01. The molecule has 1 N–H and O–H groups in total. The highest BCUT2D eigenvalue weighted by Gasteiger charge is 2.51. The molecule has 4 bridgehead atoms. The highest BCUT2D eigenvalue weighted by atomic mass is 19.1. The molecule has 8 heteroatoms. The van der Waals surface area contributed by atoms with Crippen LogP contribution in [-0.2, 0) is 16.1 Å². The summed E-state index contributed by atoms with van der Waals surface area (Å²) in [7, 11) is 0. The molecule has 4 aliphatic carbocycles. The van der Waals surface area contributed by atoms with Crippen molar-refractivity contribution in [2.24, 2.45) is 23.2 Å². The Bertz CT molecular complexity index is 1240. The second-order valence-corrected chi connectivity index (χ2v) is 11.8. The number of ether oxygens (including phenoxy) is 1. The lowest BCUT2D eigenvalue weighted by Gasteiger charge is -2.56. The van der Waals surface area contributed by atoms with Crippen molar-refractivity contribution < 1.29 is 27.5 Å². The van der Waals surface area contributed by atoms with Crippen LogP contribution in [0.3, 0.4) is 0 Å². The monoisotopic (exact) mass is 512 g/mol. The molecule has 0 radical (unpaired) electrons. The van der Waals surface area contributed by atoms with Crippen LogP contribution in [0.1, 0.15) is 63.0 Å². The van der Waals surface area contributed by atoms with Crippen molar-refractivity contribution in [2.45, 2.75) is 71.4 Å². The van der Waals surface area contributed by atoms with Gasteiger partial charge >= 0.3 is 0 Å². The second-order valence-electron chi connectivity index (χ2n) is 11.8. The summed E-state index contributed by atoms with van der Waals surface area (Å²) in [6.45, 7) is 3.01. The maximum absolute atomic E-state index is 15.8. The molecule has 0 spiro atoms. The molecule has 7 rings (SSSR count). The number of hydrogen-bond donors (Lipinski definition) is 1. The summed E-state index contributed by atoms with van der Waals surface area (Å²) in [6.07, 6.45) is 6.48. The van der Waals surface area contributed by atoms with Crippen LogP contribution < -0.4 is 15.0 Å². The van der Waals surface area contributed by atoms with Crippen LogP contribution >= 0.6 is 0 Å². The van der Waals surface area contributed by atoms with E-state index >= 15 is 4.39 Å². The van der Waals surface area contributed by atoms with Crippen molar-refractivity contribution in [3.8, 4) is 5.75 Å². The largest absolute Gasteiger partial charge is 0.476 e. The molecule has 5 nitrogen and oxygen atoms in total. The third-order valence-corrected chi connectivity index (χ3v) is 8.83. The lowest BCUT2D eigenvalue weighted by Crippen LogP contribution is -2.47.